The van der Waals surface area contributed by atoms with Gasteiger partial charge in [-0.15, -0.1) is 0 Å². The Morgan fingerprint density at radius 2 is 1.81 bits per heavy atom. The first-order valence-corrected chi connectivity index (χ1v) is 9.95. The molecule has 26 heavy (non-hydrogen) atoms. The second-order valence-electron chi connectivity index (χ2n) is 6.43. The van der Waals surface area contributed by atoms with Gasteiger partial charge in [0.15, 0.2) is 0 Å². The summed E-state index contributed by atoms with van der Waals surface area (Å²) in [5, 5.41) is 0. The van der Waals surface area contributed by atoms with E-state index in [2.05, 4.69) is 4.98 Å². The predicted molar refractivity (Wildman–Crippen MR) is 103 cm³/mol. The van der Waals surface area contributed by atoms with Crippen molar-refractivity contribution in [3.63, 3.8) is 0 Å². The fourth-order valence-corrected chi connectivity index (χ4v) is 3.37. The number of hydrogen-bond acceptors (Lipinski definition) is 5. The van der Waals surface area contributed by atoms with Gasteiger partial charge < -0.3 is 4.74 Å². The minimum absolute atomic E-state index is 0.0800. The minimum atomic E-state index is -3.76. The number of pyridine rings is 1. The van der Waals surface area contributed by atoms with Crippen LogP contribution in [0.5, 0.6) is 5.75 Å². The minimum Gasteiger partial charge on any atom is -0.489 e. The van der Waals surface area contributed by atoms with Crippen molar-refractivity contribution >= 4 is 16.2 Å². The number of rotatable bonds is 8. The highest BCUT2D eigenvalue weighted by Gasteiger charge is 2.18. The highest BCUT2D eigenvalue weighted by molar-refractivity contribution is 7.86. The molecule has 0 aliphatic carbocycles. The summed E-state index contributed by atoms with van der Waals surface area (Å²) in [7, 11) is -3.76. The van der Waals surface area contributed by atoms with Crippen molar-refractivity contribution in [3.05, 3.63) is 59.9 Å². The fourth-order valence-electron chi connectivity index (χ4n) is 2.28. The van der Waals surface area contributed by atoms with Crippen molar-refractivity contribution in [2.75, 3.05) is 0 Å². The third-order valence-corrected chi connectivity index (χ3v) is 4.92. The summed E-state index contributed by atoms with van der Waals surface area (Å²) in [6.07, 6.45) is 7.19. The van der Waals surface area contributed by atoms with Gasteiger partial charge in [0.25, 0.3) is 10.1 Å². The number of aromatic nitrogens is 1. The van der Waals surface area contributed by atoms with Gasteiger partial charge in [0, 0.05) is 6.20 Å². The molecule has 0 unspecified atom stereocenters. The van der Waals surface area contributed by atoms with E-state index in [0.717, 1.165) is 11.1 Å². The van der Waals surface area contributed by atoms with Gasteiger partial charge in [-0.3, -0.25) is 9.17 Å². The van der Waals surface area contributed by atoms with E-state index in [1.807, 2.05) is 39.0 Å². The molecule has 0 aliphatic heterocycles. The molecule has 0 aliphatic rings. The summed E-state index contributed by atoms with van der Waals surface area (Å²) in [5.74, 6) is 0.702. The maximum atomic E-state index is 12.3. The Morgan fingerprint density at radius 3 is 2.46 bits per heavy atom. The Bertz CT molecular complexity index is 842. The van der Waals surface area contributed by atoms with Gasteiger partial charge in [0.2, 0.25) is 0 Å². The van der Waals surface area contributed by atoms with Gasteiger partial charge in [-0.2, -0.15) is 8.42 Å². The van der Waals surface area contributed by atoms with Crippen molar-refractivity contribution in [2.45, 2.75) is 51.2 Å². The lowest BCUT2D eigenvalue weighted by Crippen LogP contribution is -2.15. The molecule has 0 amide bonds. The fraction of sp³-hybridized carbons (Fsp3) is 0.350. The van der Waals surface area contributed by atoms with Gasteiger partial charge in [-0.1, -0.05) is 29.8 Å². The van der Waals surface area contributed by atoms with E-state index in [-0.39, 0.29) is 11.0 Å². The molecular weight excluding hydrogens is 350 g/mol. The molecule has 0 radical (unpaired) electrons. The summed E-state index contributed by atoms with van der Waals surface area (Å²) < 4.78 is 35.4. The Balaban J connectivity index is 1.94. The third-order valence-electron chi connectivity index (χ3n) is 3.49. The summed E-state index contributed by atoms with van der Waals surface area (Å²) in [6.45, 7) is 7.54. The molecule has 0 saturated carbocycles. The number of nitrogens with zero attached hydrogens (tertiary/aromatic N) is 1. The molecule has 2 aromatic rings. The Labute approximate surface area is 155 Å². The monoisotopic (exact) mass is 375 g/mol. The second kappa shape index (κ2) is 8.96. The molecule has 1 heterocycles. The number of aryl methyl sites for hydroxylation is 1. The topological polar surface area (TPSA) is 65.5 Å². The zero-order valence-electron chi connectivity index (χ0n) is 15.5. The molecule has 0 bridgehead atoms. The molecule has 1 aromatic heterocycles. The summed E-state index contributed by atoms with van der Waals surface area (Å²) in [5.41, 5.74) is 1.88. The first-order valence-electron chi connectivity index (χ1n) is 8.54. The molecule has 5 nitrogen and oxygen atoms in total. The maximum absolute atomic E-state index is 12.3. The van der Waals surface area contributed by atoms with E-state index < -0.39 is 16.2 Å². The molecule has 6 heteroatoms. The van der Waals surface area contributed by atoms with Gasteiger partial charge in [0.05, 0.1) is 23.3 Å². The Kier molecular flexibility index (Phi) is 6.94. The van der Waals surface area contributed by atoms with Gasteiger partial charge in [-0.25, -0.2) is 0 Å². The average Bonchev–Trinajstić information content (AvgIpc) is 2.54. The van der Waals surface area contributed by atoms with E-state index >= 15 is 0 Å². The van der Waals surface area contributed by atoms with E-state index in [0.29, 0.717) is 12.2 Å². The van der Waals surface area contributed by atoms with Crippen LogP contribution < -0.4 is 4.74 Å². The van der Waals surface area contributed by atoms with Crippen molar-refractivity contribution in [3.8, 4) is 5.75 Å². The number of hydrogen-bond donors (Lipinski definition) is 0. The lowest BCUT2D eigenvalue weighted by atomic mass is 10.2. The second-order valence-corrected chi connectivity index (χ2v) is 8.00. The van der Waals surface area contributed by atoms with Crippen molar-refractivity contribution in [2.24, 2.45) is 0 Å². The lowest BCUT2D eigenvalue weighted by molar-refractivity contribution is 0.232. The van der Waals surface area contributed by atoms with Crippen LogP contribution in [-0.4, -0.2) is 25.6 Å². The van der Waals surface area contributed by atoms with Crippen LogP contribution in [0.1, 0.15) is 38.3 Å². The molecule has 0 fully saturated rings. The average molecular weight is 375 g/mol. The molecule has 0 saturated heterocycles. The standard InChI is InChI=1S/C20H25NO4S/c1-15(2)24-19-12-18(13-21-14-19)7-5-6-17(4)25-26(22,23)20-10-8-16(3)9-11-20/h5,7-15,17H,6H2,1-4H3/b7-5+/t17-/m1/s1. The largest absolute Gasteiger partial charge is 0.489 e. The van der Waals surface area contributed by atoms with Crippen LogP contribution in [-0.2, 0) is 14.3 Å². The SMILES string of the molecule is Cc1ccc(S(=O)(=O)O[C@H](C)C/C=C/c2cncc(OC(C)C)c2)cc1. The lowest BCUT2D eigenvalue weighted by Gasteiger charge is -2.11. The third kappa shape index (κ3) is 6.28. The van der Waals surface area contributed by atoms with Crippen LogP contribution in [0, 0.1) is 6.92 Å². The molecule has 2 rings (SSSR count). The van der Waals surface area contributed by atoms with Crippen LogP contribution >= 0.6 is 0 Å². The number of benzene rings is 1. The van der Waals surface area contributed by atoms with E-state index in [1.165, 1.54) is 0 Å². The predicted octanol–water partition coefficient (Wildman–Crippen LogP) is 4.37. The summed E-state index contributed by atoms with van der Waals surface area (Å²) in [6, 6.07) is 8.50. The molecule has 1 aromatic carbocycles. The van der Waals surface area contributed by atoms with Crippen molar-refractivity contribution in [1.82, 2.24) is 4.98 Å². The zero-order chi connectivity index (χ0) is 19.2. The highest BCUT2D eigenvalue weighted by Crippen LogP contribution is 2.18. The molecule has 0 spiro atoms. The van der Waals surface area contributed by atoms with Crippen molar-refractivity contribution < 1.29 is 17.3 Å². The molecule has 1 atom stereocenters. The van der Waals surface area contributed by atoms with E-state index in [1.54, 1.807) is 43.6 Å². The van der Waals surface area contributed by atoms with Gasteiger partial charge in [0.1, 0.15) is 5.75 Å². The van der Waals surface area contributed by atoms with E-state index in [9.17, 15) is 8.42 Å². The van der Waals surface area contributed by atoms with Crippen LogP contribution in [0.25, 0.3) is 6.08 Å². The first-order chi connectivity index (χ1) is 12.3. The van der Waals surface area contributed by atoms with E-state index in [4.69, 9.17) is 8.92 Å². The van der Waals surface area contributed by atoms with Crippen LogP contribution in [0.3, 0.4) is 0 Å². The van der Waals surface area contributed by atoms with Crippen molar-refractivity contribution in [1.29, 1.82) is 0 Å². The number of ether oxygens (including phenoxy) is 1. The normalized spacial score (nSPS) is 13.3. The highest BCUT2D eigenvalue weighted by atomic mass is 32.2. The summed E-state index contributed by atoms with van der Waals surface area (Å²) in [4.78, 5) is 4.31. The van der Waals surface area contributed by atoms with Crippen LogP contribution in [0.4, 0.5) is 0 Å². The van der Waals surface area contributed by atoms with Gasteiger partial charge in [-0.05, 0) is 57.9 Å². The maximum Gasteiger partial charge on any atom is 0.297 e. The quantitative estimate of drug-likeness (QED) is 0.641. The smallest absolute Gasteiger partial charge is 0.297 e. The Morgan fingerprint density at radius 1 is 1.12 bits per heavy atom. The van der Waals surface area contributed by atoms with Gasteiger partial charge >= 0.3 is 0 Å². The molecular formula is C20H25NO4S. The zero-order valence-corrected chi connectivity index (χ0v) is 16.4. The van der Waals surface area contributed by atoms with Crippen LogP contribution in [0.2, 0.25) is 0 Å². The Hall–Kier alpha value is -2.18. The summed E-state index contributed by atoms with van der Waals surface area (Å²) >= 11 is 0. The first kappa shape index (κ1) is 20.1. The molecule has 140 valence electrons. The van der Waals surface area contributed by atoms with Crippen LogP contribution in [0.15, 0.2) is 53.7 Å². The molecule has 0 N–H and O–H groups in total.